The zero-order chi connectivity index (χ0) is 18.9. The van der Waals surface area contributed by atoms with Crippen molar-refractivity contribution in [2.24, 2.45) is 0 Å². The van der Waals surface area contributed by atoms with Crippen LogP contribution in [0.15, 0.2) is 23.8 Å². The van der Waals surface area contributed by atoms with Crippen LogP contribution in [0.5, 0.6) is 11.5 Å². The summed E-state index contributed by atoms with van der Waals surface area (Å²) in [5.41, 5.74) is -2.03. The van der Waals surface area contributed by atoms with Crippen molar-refractivity contribution < 1.29 is 28.5 Å². The molecular weight excluding hydrogens is 321 g/mol. The van der Waals surface area contributed by atoms with Crippen molar-refractivity contribution in [2.75, 3.05) is 0 Å². The second kappa shape index (κ2) is 6.89. The third-order valence-corrected chi connectivity index (χ3v) is 3.90. The molecule has 0 atom stereocenters. The Morgan fingerprint density at radius 1 is 1.08 bits per heavy atom. The molecule has 0 spiro atoms. The molecule has 0 amide bonds. The van der Waals surface area contributed by atoms with Crippen LogP contribution in [0.2, 0.25) is 0 Å². The highest BCUT2D eigenvalue weighted by atomic mass is 19.4. The van der Waals surface area contributed by atoms with Crippen LogP contribution >= 0.6 is 0 Å². The number of phenolic OH excluding ortho intramolecular Hbond substituents is 1. The molecule has 134 valence electrons. The maximum Gasteiger partial charge on any atom is 0.420 e. The van der Waals surface area contributed by atoms with Crippen molar-refractivity contribution in [2.45, 2.75) is 52.8 Å². The van der Waals surface area contributed by atoms with E-state index < -0.39 is 40.8 Å². The largest absolute Gasteiger partial charge is 0.507 e. The molecule has 6 heteroatoms. The van der Waals surface area contributed by atoms with Crippen LogP contribution in [0.25, 0.3) is 0 Å². The Balaban J connectivity index is 3.81. The van der Waals surface area contributed by atoms with Crippen LogP contribution in [0.1, 0.15) is 49.9 Å². The van der Waals surface area contributed by atoms with Crippen molar-refractivity contribution in [3.05, 3.63) is 46.1 Å². The minimum absolute atomic E-state index is 0.0634. The average molecular weight is 344 g/mol. The minimum Gasteiger partial charge on any atom is -0.507 e. The molecule has 0 radical (unpaired) electrons. The molecule has 0 aromatic heterocycles. The lowest BCUT2D eigenvalue weighted by Crippen LogP contribution is -2.20. The van der Waals surface area contributed by atoms with Crippen LogP contribution in [0, 0.1) is 6.92 Å². The smallest absolute Gasteiger partial charge is 0.420 e. The number of benzene rings is 1. The molecule has 1 aromatic rings. The topological polar surface area (TPSA) is 60.7 Å². The first-order valence-corrected chi connectivity index (χ1v) is 7.46. The van der Waals surface area contributed by atoms with Crippen molar-refractivity contribution in [3.63, 3.8) is 0 Å². The van der Waals surface area contributed by atoms with E-state index in [-0.39, 0.29) is 11.1 Å². The van der Waals surface area contributed by atoms with Gasteiger partial charge in [0.2, 0.25) is 0 Å². The van der Waals surface area contributed by atoms with E-state index in [1.807, 2.05) is 26.0 Å². The first-order chi connectivity index (χ1) is 10.9. The lowest BCUT2D eigenvalue weighted by atomic mass is 9.77. The number of aliphatic hydroxyl groups is 1. The fourth-order valence-corrected chi connectivity index (χ4v) is 3.10. The Kier molecular flexibility index (Phi) is 5.77. The molecule has 0 heterocycles. The van der Waals surface area contributed by atoms with Gasteiger partial charge in [0.1, 0.15) is 17.1 Å². The summed E-state index contributed by atoms with van der Waals surface area (Å²) in [6.07, 6.45) is 0.537. The van der Waals surface area contributed by atoms with Crippen molar-refractivity contribution in [1.82, 2.24) is 0 Å². The fourth-order valence-electron chi connectivity index (χ4n) is 3.10. The van der Waals surface area contributed by atoms with E-state index in [2.05, 4.69) is 0 Å². The lowest BCUT2D eigenvalue weighted by molar-refractivity contribution is -0.140. The third-order valence-electron chi connectivity index (χ3n) is 3.90. The number of aliphatic hydroxyl groups excluding tert-OH is 1. The summed E-state index contributed by atoms with van der Waals surface area (Å²) in [7, 11) is 0. The van der Waals surface area contributed by atoms with Gasteiger partial charge in [-0.2, -0.15) is 13.2 Å². The molecule has 0 bridgehead atoms. The summed E-state index contributed by atoms with van der Waals surface area (Å²) in [4.78, 5) is 0. The summed E-state index contributed by atoms with van der Waals surface area (Å²) < 4.78 is 39.6. The zero-order valence-electron chi connectivity index (χ0n) is 14.4. The molecule has 1 aromatic carbocycles. The van der Waals surface area contributed by atoms with Gasteiger partial charge in [0.25, 0.3) is 0 Å². The highest BCUT2D eigenvalue weighted by Crippen LogP contribution is 2.49. The molecule has 0 aliphatic heterocycles. The average Bonchev–Trinajstić information content (AvgIpc) is 2.40. The predicted molar refractivity (Wildman–Crippen MR) is 87.0 cm³/mol. The van der Waals surface area contributed by atoms with Gasteiger partial charge >= 0.3 is 6.18 Å². The van der Waals surface area contributed by atoms with Crippen molar-refractivity contribution in [1.29, 1.82) is 0 Å². The van der Waals surface area contributed by atoms with E-state index in [1.54, 1.807) is 19.9 Å². The van der Waals surface area contributed by atoms with Gasteiger partial charge in [-0.25, -0.2) is 0 Å². The number of alkyl halides is 3. The Morgan fingerprint density at radius 3 is 2.04 bits per heavy atom. The molecule has 0 aliphatic rings. The second-order valence-corrected chi connectivity index (χ2v) is 6.32. The Hall–Kier alpha value is -1.95. The van der Waals surface area contributed by atoms with Crippen LogP contribution in [0.3, 0.4) is 0 Å². The summed E-state index contributed by atoms with van der Waals surface area (Å²) in [5.74, 6) is -1.61. The van der Waals surface area contributed by atoms with E-state index in [4.69, 9.17) is 0 Å². The summed E-state index contributed by atoms with van der Waals surface area (Å²) >= 11 is 0. The van der Waals surface area contributed by atoms with Gasteiger partial charge in [-0.3, -0.25) is 0 Å². The third kappa shape index (κ3) is 3.75. The Bertz CT molecular complexity index is 684. The molecule has 0 fully saturated rings. The first-order valence-electron chi connectivity index (χ1n) is 7.46. The fraction of sp³-hybridized carbons (Fsp3) is 0.444. The van der Waals surface area contributed by atoms with Crippen LogP contribution in [-0.4, -0.2) is 15.3 Å². The highest BCUT2D eigenvalue weighted by molar-refractivity contribution is 5.61. The van der Waals surface area contributed by atoms with Gasteiger partial charge < -0.3 is 15.3 Å². The molecule has 3 nitrogen and oxygen atoms in total. The monoisotopic (exact) mass is 344 g/mol. The van der Waals surface area contributed by atoms with E-state index in [0.29, 0.717) is 0 Å². The minimum atomic E-state index is -4.89. The highest BCUT2D eigenvalue weighted by Gasteiger charge is 2.41. The Labute approximate surface area is 139 Å². The van der Waals surface area contributed by atoms with Gasteiger partial charge in [-0.1, -0.05) is 37.6 Å². The number of aromatic hydroxyl groups is 2. The SMILES string of the molecule is C/C=C\C(C)=C\C(C)(C)c1c(C)c(O)c(C(F)(F)F)c(CO)c1O. The molecule has 3 N–H and O–H groups in total. The number of allylic oxidation sites excluding steroid dienone is 4. The van der Waals surface area contributed by atoms with Crippen molar-refractivity contribution in [3.8, 4) is 11.5 Å². The van der Waals surface area contributed by atoms with E-state index >= 15 is 0 Å². The number of hydrogen-bond acceptors (Lipinski definition) is 3. The molecule has 0 saturated carbocycles. The standard InChI is InChI=1S/C18H23F3O3/c1-6-7-10(2)8-17(4,5)13-11(3)15(23)14(18(19,20)21)12(9-22)16(13)24/h6-8,22-24H,9H2,1-5H3/b7-6-,10-8+. The van der Waals surface area contributed by atoms with Gasteiger partial charge in [0.15, 0.2) is 0 Å². The second-order valence-electron chi connectivity index (χ2n) is 6.32. The number of rotatable bonds is 4. The molecule has 24 heavy (non-hydrogen) atoms. The number of phenols is 2. The zero-order valence-corrected chi connectivity index (χ0v) is 14.4. The van der Waals surface area contributed by atoms with Gasteiger partial charge in [-0.15, -0.1) is 0 Å². The number of halogens is 3. The normalized spacial score (nSPS) is 13.8. The summed E-state index contributed by atoms with van der Waals surface area (Å²) in [6, 6.07) is 0. The molecule has 1 rings (SSSR count). The van der Waals surface area contributed by atoms with Gasteiger partial charge in [0.05, 0.1) is 6.61 Å². The quantitative estimate of drug-likeness (QED) is 0.547. The molecular formula is C18H23F3O3. The molecule has 0 saturated heterocycles. The molecule has 0 aliphatic carbocycles. The summed E-state index contributed by atoms with van der Waals surface area (Å²) in [6.45, 7) is 7.38. The maximum absolute atomic E-state index is 13.2. The lowest BCUT2D eigenvalue weighted by Gasteiger charge is -2.29. The van der Waals surface area contributed by atoms with Gasteiger partial charge in [-0.05, 0) is 26.3 Å². The number of hydrogen-bond donors (Lipinski definition) is 3. The molecule has 0 unspecified atom stereocenters. The Morgan fingerprint density at radius 2 is 1.62 bits per heavy atom. The predicted octanol–water partition coefficient (Wildman–Crippen LogP) is 4.72. The van der Waals surface area contributed by atoms with Crippen molar-refractivity contribution >= 4 is 0 Å². The first kappa shape index (κ1) is 20.1. The van der Waals surface area contributed by atoms with E-state index in [1.165, 1.54) is 6.92 Å². The van der Waals surface area contributed by atoms with E-state index in [0.717, 1.165) is 5.57 Å². The maximum atomic E-state index is 13.2. The van der Waals surface area contributed by atoms with Crippen LogP contribution in [-0.2, 0) is 18.2 Å². The van der Waals surface area contributed by atoms with Crippen LogP contribution < -0.4 is 0 Å². The summed E-state index contributed by atoms with van der Waals surface area (Å²) in [5, 5.41) is 29.8. The van der Waals surface area contributed by atoms with E-state index in [9.17, 15) is 28.5 Å². The van der Waals surface area contributed by atoms with Crippen LogP contribution in [0.4, 0.5) is 13.2 Å². The van der Waals surface area contributed by atoms with Gasteiger partial charge in [0, 0.05) is 16.5 Å².